The van der Waals surface area contributed by atoms with Gasteiger partial charge in [0, 0.05) is 6.20 Å². The molecule has 1 unspecified atom stereocenters. The van der Waals surface area contributed by atoms with Crippen molar-refractivity contribution >= 4 is 8.18 Å². The first kappa shape index (κ1) is 23.6. The zero-order valence-corrected chi connectivity index (χ0v) is 16.8. The van der Waals surface area contributed by atoms with Crippen LogP contribution in [0.2, 0.25) is 0 Å². The molecule has 0 radical (unpaired) electrons. The van der Waals surface area contributed by atoms with Crippen molar-refractivity contribution in [1.82, 2.24) is 5.09 Å². The smallest absolute Gasteiger partial charge is 0.436 e. The van der Waals surface area contributed by atoms with E-state index in [2.05, 4.69) is 12.0 Å². The zero-order chi connectivity index (χ0) is 17.7. The molecule has 1 atom stereocenters. The molecule has 0 aromatic carbocycles. The molecule has 0 saturated heterocycles. The van der Waals surface area contributed by atoms with Crippen molar-refractivity contribution in [2.75, 3.05) is 0 Å². The van der Waals surface area contributed by atoms with Gasteiger partial charge in [0.1, 0.15) is 0 Å². The second-order valence-electron chi connectivity index (χ2n) is 6.88. The van der Waals surface area contributed by atoms with E-state index >= 15 is 0 Å². The highest BCUT2D eigenvalue weighted by molar-refractivity contribution is 7.34. The molecule has 1 N–H and O–H groups in total. The molecule has 0 saturated carbocycles. The Labute approximate surface area is 151 Å². The van der Waals surface area contributed by atoms with Gasteiger partial charge < -0.3 is 4.89 Å². The summed E-state index contributed by atoms with van der Waals surface area (Å²) in [4.78, 5) is 10.3. The van der Waals surface area contributed by atoms with Gasteiger partial charge in [-0.1, -0.05) is 109 Å². The number of allylic oxidation sites excluding steroid dienone is 1. The Morgan fingerprint density at radius 2 is 1.08 bits per heavy atom. The van der Waals surface area contributed by atoms with Crippen molar-refractivity contribution in [1.29, 1.82) is 0 Å². The van der Waals surface area contributed by atoms with Gasteiger partial charge in [0.05, 0.1) is 0 Å². The van der Waals surface area contributed by atoms with Crippen molar-refractivity contribution in [3.8, 4) is 0 Å². The van der Waals surface area contributed by atoms with Crippen molar-refractivity contribution < 1.29 is 9.46 Å². The number of unbranched alkanes of at least 4 members (excludes halogenated alkanes) is 16. The van der Waals surface area contributed by atoms with Crippen LogP contribution in [0.4, 0.5) is 0 Å². The molecule has 0 aromatic heterocycles. The maximum Gasteiger partial charge on any atom is 0.436 e. The minimum atomic E-state index is -2.48. The third-order valence-electron chi connectivity index (χ3n) is 4.52. The SMILES string of the molecule is CCCCCCCCCCCCCCCCCCC=CN[P+](=O)[O-]. The molecule has 0 aliphatic rings. The molecule has 142 valence electrons. The number of nitrogens with one attached hydrogen (secondary N) is 1. The number of rotatable bonds is 19. The lowest BCUT2D eigenvalue weighted by molar-refractivity contribution is -0.166. The lowest BCUT2D eigenvalue weighted by Gasteiger charge is -2.03. The Bertz CT molecular complexity index is 295. The van der Waals surface area contributed by atoms with Gasteiger partial charge in [0.2, 0.25) is 0 Å². The zero-order valence-electron chi connectivity index (χ0n) is 15.9. The summed E-state index contributed by atoms with van der Waals surface area (Å²) in [5, 5.41) is 2.27. The van der Waals surface area contributed by atoms with Crippen molar-refractivity contribution in [2.24, 2.45) is 0 Å². The maximum atomic E-state index is 10.3. The molecular weight excluding hydrogens is 317 g/mol. The second kappa shape index (κ2) is 20.6. The Hall–Kier alpha value is -0.400. The standard InChI is InChI=1S/C20H40NO2P/c1-2-3-4-5-6-7-8-9-10-11-12-13-14-15-16-17-18-19-20-21-24(22)23/h19-20H,2-18H2,1H3,(H,21,22,23). The van der Waals surface area contributed by atoms with Crippen LogP contribution in [0, 0.1) is 0 Å². The normalized spacial score (nSPS) is 12.0. The van der Waals surface area contributed by atoms with Crippen molar-refractivity contribution in [3.63, 3.8) is 0 Å². The molecule has 3 nitrogen and oxygen atoms in total. The highest BCUT2D eigenvalue weighted by Gasteiger charge is 1.94. The maximum absolute atomic E-state index is 10.3. The number of hydrogen-bond donors (Lipinski definition) is 1. The summed E-state index contributed by atoms with van der Waals surface area (Å²) in [6.45, 7) is 2.28. The fourth-order valence-corrected chi connectivity index (χ4v) is 3.23. The Morgan fingerprint density at radius 1 is 0.708 bits per heavy atom. The predicted octanol–water partition coefficient (Wildman–Crippen LogP) is 6.76. The van der Waals surface area contributed by atoms with Gasteiger partial charge >= 0.3 is 8.18 Å². The molecule has 0 heterocycles. The van der Waals surface area contributed by atoms with E-state index < -0.39 is 8.18 Å². The van der Waals surface area contributed by atoms with Gasteiger partial charge in [-0.2, -0.15) is 5.09 Å². The van der Waals surface area contributed by atoms with E-state index in [0.29, 0.717) is 0 Å². The third kappa shape index (κ3) is 21.6. The number of hydrogen-bond acceptors (Lipinski definition) is 2. The van der Waals surface area contributed by atoms with E-state index in [9.17, 15) is 9.46 Å². The second-order valence-corrected chi connectivity index (χ2v) is 7.65. The van der Waals surface area contributed by atoms with Gasteiger partial charge in [-0.25, -0.2) is 0 Å². The Balaban J connectivity index is 3.02. The molecule has 24 heavy (non-hydrogen) atoms. The first-order chi connectivity index (χ1) is 11.8. The van der Waals surface area contributed by atoms with Crippen LogP contribution in [-0.2, 0) is 4.57 Å². The van der Waals surface area contributed by atoms with Gasteiger partial charge in [0.15, 0.2) is 0 Å². The van der Waals surface area contributed by atoms with Crippen LogP contribution in [-0.4, -0.2) is 0 Å². The lowest BCUT2D eigenvalue weighted by Crippen LogP contribution is -2.00. The molecule has 0 spiro atoms. The molecule has 0 amide bonds. The molecule has 4 heteroatoms. The highest BCUT2D eigenvalue weighted by atomic mass is 31.1. The quantitative estimate of drug-likeness (QED) is 0.205. The van der Waals surface area contributed by atoms with E-state index in [-0.39, 0.29) is 0 Å². The van der Waals surface area contributed by atoms with Crippen LogP contribution in [0.15, 0.2) is 12.3 Å². The van der Waals surface area contributed by atoms with E-state index in [4.69, 9.17) is 0 Å². The first-order valence-electron chi connectivity index (χ1n) is 10.3. The third-order valence-corrected chi connectivity index (χ3v) is 4.88. The van der Waals surface area contributed by atoms with E-state index in [0.717, 1.165) is 12.8 Å². The monoisotopic (exact) mass is 357 g/mol. The average molecular weight is 358 g/mol. The average Bonchev–Trinajstić information content (AvgIpc) is 2.56. The Morgan fingerprint density at radius 3 is 1.46 bits per heavy atom. The molecule has 0 bridgehead atoms. The molecule has 0 aromatic rings. The minimum absolute atomic E-state index is 0.967. The minimum Gasteiger partial charge on any atom is -0.573 e. The van der Waals surface area contributed by atoms with Crippen molar-refractivity contribution in [3.05, 3.63) is 12.3 Å². The van der Waals surface area contributed by atoms with E-state index in [1.54, 1.807) is 0 Å². The van der Waals surface area contributed by atoms with Crippen molar-refractivity contribution in [2.45, 2.75) is 116 Å². The fraction of sp³-hybridized carbons (Fsp3) is 0.900. The largest absolute Gasteiger partial charge is 0.573 e. The van der Waals surface area contributed by atoms with Crippen LogP contribution >= 0.6 is 8.18 Å². The van der Waals surface area contributed by atoms with Crippen LogP contribution in [0.1, 0.15) is 116 Å². The summed E-state index contributed by atoms with van der Waals surface area (Å²) in [6.07, 6.45) is 26.5. The van der Waals surface area contributed by atoms with Gasteiger partial charge in [-0.3, -0.25) is 0 Å². The molecular formula is C20H40NO2P. The first-order valence-corrected chi connectivity index (χ1v) is 11.5. The summed E-state index contributed by atoms with van der Waals surface area (Å²) in [7, 11) is -2.48. The van der Waals surface area contributed by atoms with E-state index in [1.807, 2.05) is 6.08 Å². The molecule has 0 rings (SSSR count). The van der Waals surface area contributed by atoms with Crippen LogP contribution in [0.3, 0.4) is 0 Å². The van der Waals surface area contributed by atoms with Crippen LogP contribution < -0.4 is 9.98 Å². The Kier molecular flexibility index (Phi) is 20.3. The summed E-state index contributed by atoms with van der Waals surface area (Å²) in [5.41, 5.74) is 0. The van der Waals surface area contributed by atoms with E-state index in [1.165, 1.54) is 103 Å². The van der Waals surface area contributed by atoms with Crippen LogP contribution in [0.5, 0.6) is 0 Å². The van der Waals surface area contributed by atoms with Crippen LogP contribution in [0.25, 0.3) is 0 Å². The summed E-state index contributed by atoms with van der Waals surface area (Å²) < 4.78 is 10.3. The van der Waals surface area contributed by atoms with Gasteiger partial charge in [0.25, 0.3) is 0 Å². The topological polar surface area (TPSA) is 52.2 Å². The summed E-state index contributed by atoms with van der Waals surface area (Å²) >= 11 is 0. The lowest BCUT2D eigenvalue weighted by atomic mass is 10.0. The fourth-order valence-electron chi connectivity index (χ4n) is 3.01. The summed E-state index contributed by atoms with van der Waals surface area (Å²) in [6, 6.07) is 0. The van der Waals surface area contributed by atoms with Gasteiger partial charge in [-0.15, -0.1) is 0 Å². The molecule has 0 aliphatic carbocycles. The summed E-state index contributed by atoms with van der Waals surface area (Å²) in [5.74, 6) is 0. The predicted molar refractivity (Wildman–Crippen MR) is 104 cm³/mol. The van der Waals surface area contributed by atoms with Gasteiger partial charge in [-0.05, 0) is 17.4 Å². The highest BCUT2D eigenvalue weighted by Crippen LogP contribution is 2.14. The molecule has 0 aliphatic heterocycles. The molecule has 0 fully saturated rings.